The molecule has 0 aliphatic heterocycles. The number of aliphatic hydroxyl groups excluding tert-OH is 2. The van der Waals surface area contributed by atoms with Gasteiger partial charge in [0.25, 0.3) is 5.91 Å². The molecule has 0 radical (unpaired) electrons. The van der Waals surface area contributed by atoms with Gasteiger partial charge in [-0.25, -0.2) is 0 Å². The average molecular weight is 528 g/mol. The average Bonchev–Trinajstić information content (AvgIpc) is 2.84. The lowest BCUT2D eigenvalue weighted by atomic mass is 9.59. The van der Waals surface area contributed by atoms with Gasteiger partial charge in [0.2, 0.25) is 5.78 Å². The molecule has 1 aromatic rings. The highest BCUT2D eigenvalue weighted by molar-refractivity contribution is 6.22. The van der Waals surface area contributed by atoms with Crippen LogP contribution in [-0.2, 0) is 27.3 Å². The van der Waals surface area contributed by atoms with Gasteiger partial charge >= 0.3 is 0 Å². The first-order chi connectivity index (χ1) is 17.9. The van der Waals surface area contributed by atoms with Gasteiger partial charge in [0, 0.05) is 49.8 Å². The summed E-state index contributed by atoms with van der Waals surface area (Å²) in [6.07, 6.45) is 2.08. The zero-order chi connectivity index (χ0) is 28.1. The minimum absolute atomic E-state index is 0.106. The summed E-state index contributed by atoms with van der Waals surface area (Å²) in [6, 6.07) is 1.87. The Kier molecular flexibility index (Phi) is 7.33. The molecule has 1 amide bonds. The lowest BCUT2D eigenvalue weighted by molar-refractivity contribution is -0.147. The van der Waals surface area contributed by atoms with E-state index < -0.39 is 52.0 Å². The van der Waals surface area contributed by atoms with E-state index >= 15 is 0 Å². The summed E-state index contributed by atoms with van der Waals surface area (Å²) < 4.78 is 0. The maximum Gasteiger partial charge on any atom is 0.255 e. The van der Waals surface area contributed by atoms with Gasteiger partial charge in [-0.05, 0) is 42.9 Å². The Labute approximate surface area is 221 Å². The Morgan fingerprint density at radius 2 is 1.84 bits per heavy atom. The third-order valence-corrected chi connectivity index (χ3v) is 8.50. The van der Waals surface area contributed by atoms with E-state index in [2.05, 4.69) is 19.2 Å². The van der Waals surface area contributed by atoms with Crippen molar-refractivity contribution in [2.75, 3.05) is 25.5 Å². The number of aromatic hydroxyl groups is 1. The van der Waals surface area contributed by atoms with Crippen molar-refractivity contribution in [3.05, 3.63) is 39.7 Å². The second-order valence-electron chi connectivity index (χ2n) is 10.9. The lowest BCUT2D eigenvalue weighted by Crippen LogP contribution is -2.58. The van der Waals surface area contributed by atoms with E-state index in [4.69, 9.17) is 5.73 Å². The Morgan fingerprint density at radius 3 is 2.42 bits per heavy atom. The van der Waals surface area contributed by atoms with Crippen molar-refractivity contribution in [1.82, 2.24) is 5.32 Å². The molecule has 0 saturated heterocycles. The van der Waals surface area contributed by atoms with Crippen LogP contribution in [0.15, 0.2) is 23.0 Å². The summed E-state index contributed by atoms with van der Waals surface area (Å²) in [7, 11) is 3.70. The van der Waals surface area contributed by atoms with Crippen LogP contribution in [0.5, 0.6) is 5.75 Å². The van der Waals surface area contributed by atoms with Crippen LogP contribution in [0.4, 0.5) is 5.69 Å². The van der Waals surface area contributed by atoms with Crippen molar-refractivity contribution in [1.29, 1.82) is 0 Å². The van der Waals surface area contributed by atoms with Crippen LogP contribution in [0.25, 0.3) is 5.76 Å². The number of Topliss-reactive ketones (excluding diaryl/α,β-unsaturated/α-hetero) is 2. The van der Waals surface area contributed by atoms with Crippen molar-refractivity contribution < 1.29 is 34.8 Å². The second kappa shape index (κ2) is 10.1. The van der Waals surface area contributed by atoms with Crippen LogP contribution in [-0.4, -0.2) is 64.1 Å². The first-order valence-electron chi connectivity index (χ1n) is 13.1. The van der Waals surface area contributed by atoms with Crippen molar-refractivity contribution in [3.8, 4) is 5.75 Å². The second-order valence-corrected chi connectivity index (χ2v) is 10.9. The van der Waals surface area contributed by atoms with Gasteiger partial charge in [-0.3, -0.25) is 14.4 Å². The van der Waals surface area contributed by atoms with Crippen molar-refractivity contribution >= 4 is 28.9 Å². The van der Waals surface area contributed by atoms with Gasteiger partial charge in [-0.15, -0.1) is 0 Å². The molecule has 3 aliphatic rings. The topological polar surface area (TPSA) is 173 Å². The molecule has 0 aromatic heterocycles. The maximum atomic E-state index is 13.7. The summed E-state index contributed by atoms with van der Waals surface area (Å²) in [6.45, 7) is 5.35. The van der Waals surface area contributed by atoms with Crippen LogP contribution in [0.3, 0.4) is 0 Å². The summed E-state index contributed by atoms with van der Waals surface area (Å²) in [5.41, 5.74) is 3.84. The molecule has 1 saturated carbocycles. The summed E-state index contributed by atoms with van der Waals surface area (Å²) >= 11 is 0. The normalized spacial score (nSPS) is 24.9. The molecule has 0 bridgehead atoms. The number of rotatable bonds is 8. The number of carbonyl (C=O) groups is 3. The number of phenols is 1. The fourth-order valence-corrected chi connectivity index (χ4v) is 6.25. The minimum Gasteiger partial charge on any atom is -0.508 e. The number of benzene rings is 1. The smallest absolute Gasteiger partial charge is 0.255 e. The van der Waals surface area contributed by atoms with E-state index in [9.17, 15) is 34.8 Å². The Hall–Kier alpha value is -3.37. The fourth-order valence-electron chi connectivity index (χ4n) is 6.25. The number of amides is 1. The highest BCUT2D eigenvalue weighted by atomic mass is 16.3. The Morgan fingerprint density at radius 1 is 1.18 bits per heavy atom. The highest BCUT2D eigenvalue weighted by Gasteiger charge is 2.60. The number of nitrogens with zero attached hydrogens (tertiary/aromatic N) is 1. The molecule has 10 heteroatoms. The Balaban J connectivity index is 1.83. The van der Waals surface area contributed by atoms with E-state index in [1.807, 2.05) is 25.1 Å². The lowest BCUT2D eigenvalue weighted by Gasteiger charge is -2.46. The number of anilines is 1. The van der Waals surface area contributed by atoms with Crippen LogP contribution in [0.2, 0.25) is 0 Å². The molecule has 0 heterocycles. The van der Waals surface area contributed by atoms with E-state index in [0.717, 1.165) is 25.1 Å². The molecule has 10 nitrogen and oxygen atoms in total. The molecule has 3 atom stereocenters. The van der Waals surface area contributed by atoms with Crippen LogP contribution in [0, 0.1) is 17.8 Å². The van der Waals surface area contributed by atoms with Crippen molar-refractivity contribution in [3.63, 3.8) is 0 Å². The molecule has 7 N–H and O–H groups in total. The minimum atomic E-state index is -2.57. The third-order valence-electron chi connectivity index (χ3n) is 8.50. The third kappa shape index (κ3) is 4.16. The van der Waals surface area contributed by atoms with E-state index in [1.165, 1.54) is 0 Å². The van der Waals surface area contributed by atoms with E-state index in [1.54, 1.807) is 0 Å². The number of phenolic OH excluding ortho intramolecular Hbond substituents is 1. The number of hydrogen-bond acceptors (Lipinski definition) is 9. The largest absolute Gasteiger partial charge is 0.508 e. The molecule has 0 spiro atoms. The number of fused-ring (bicyclic) bond motifs is 3. The number of primary amides is 1. The number of carbonyl (C=O) groups excluding carboxylic acids is 3. The monoisotopic (exact) mass is 527 g/mol. The number of nitrogens with two attached hydrogens (primary N) is 1. The van der Waals surface area contributed by atoms with Gasteiger partial charge in [0.15, 0.2) is 11.4 Å². The predicted octanol–water partition coefficient (Wildman–Crippen LogP) is 2.02. The standard InChI is InChI=1S/C28H37N3O7/c1-5-13(6-2)11-30-12-15-9-18(31(3)4)17-8-14-7-16-10-19(32)22(27(29)37)26(36)28(16,38)25(35)20(14)24(34)21(17)23(15)33/h9,13-14,16,30,33-34,36,38H,5-8,10-12H2,1-4H3,(H2,29,37)/t14-,16+,28+/m1/s1. The van der Waals surface area contributed by atoms with Crippen molar-refractivity contribution in [2.24, 2.45) is 23.5 Å². The molecule has 3 aliphatic carbocycles. The first kappa shape index (κ1) is 27.7. The van der Waals surface area contributed by atoms with Gasteiger partial charge in [0.05, 0.1) is 5.56 Å². The maximum absolute atomic E-state index is 13.7. The quantitative estimate of drug-likeness (QED) is 0.276. The SMILES string of the molecule is CCC(CC)CNCc1cc(N(C)C)c2c(c1O)C(O)=C1C(=O)[C@]3(O)C(O)=C(C(N)=O)C(=O)C[C@@H]3C[C@@H]1C2. The van der Waals surface area contributed by atoms with E-state index in [-0.39, 0.29) is 36.1 Å². The summed E-state index contributed by atoms with van der Waals surface area (Å²) in [5, 5.41) is 48.2. The van der Waals surface area contributed by atoms with Crippen LogP contribution < -0.4 is 16.0 Å². The summed E-state index contributed by atoms with van der Waals surface area (Å²) in [5.74, 6) is -5.73. The van der Waals surface area contributed by atoms with Gasteiger partial charge in [-0.2, -0.15) is 0 Å². The molecule has 206 valence electrons. The Bertz CT molecular complexity index is 1260. The number of hydrogen-bond donors (Lipinski definition) is 6. The molecular formula is C28H37N3O7. The number of aliphatic hydroxyl groups is 3. The van der Waals surface area contributed by atoms with Crippen LogP contribution >= 0.6 is 0 Å². The number of ketones is 2. The molecule has 1 fully saturated rings. The van der Waals surface area contributed by atoms with Gasteiger partial charge in [-0.1, -0.05) is 26.7 Å². The zero-order valence-corrected chi connectivity index (χ0v) is 22.3. The van der Waals surface area contributed by atoms with Crippen LogP contribution in [0.1, 0.15) is 56.2 Å². The summed E-state index contributed by atoms with van der Waals surface area (Å²) in [4.78, 5) is 39.9. The molecule has 4 rings (SSSR count). The zero-order valence-electron chi connectivity index (χ0n) is 22.3. The van der Waals surface area contributed by atoms with Gasteiger partial charge in [0.1, 0.15) is 22.8 Å². The predicted molar refractivity (Wildman–Crippen MR) is 141 cm³/mol. The molecule has 1 aromatic carbocycles. The van der Waals surface area contributed by atoms with Gasteiger partial charge < -0.3 is 36.4 Å². The molecular weight excluding hydrogens is 490 g/mol. The van der Waals surface area contributed by atoms with Crippen molar-refractivity contribution in [2.45, 2.75) is 58.1 Å². The highest BCUT2D eigenvalue weighted by Crippen LogP contribution is 2.53. The first-order valence-corrected chi connectivity index (χ1v) is 13.1. The molecule has 38 heavy (non-hydrogen) atoms. The van der Waals surface area contributed by atoms with E-state index in [0.29, 0.717) is 23.6 Å². The number of nitrogens with one attached hydrogen (secondary N) is 1. The molecule has 0 unspecified atom stereocenters. The fraction of sp³-hybridized carbons (Fsp3) is 0.536.